The first-order valence-electron chi connectivity index (χ1n) is 13.5. The predicted molar refractivity (Wildman–Crippen MR) is 158 cm³/mol. The zero-order chi connectivity index (χ0) is 34.8. The number of anilines is 1. The lowest BCUT2D eigenvalue weighted by atomic mass is 10.00. The van der Waals surface area contributed by atoms with Gasteiger partial charge in [0.2, 0.25) is 24.9 Å². The van der Waals surface area contributed by atoms with Crippen LogP contribution in [-0.4, -0.2) is 46.6 Å². The molecule has 1 aliphatic rings. The fourth-order valence-electron chi connectivity index (χ4n) is 4.10. The Labute approximate surface area is 260 Å². The van der Waals surface area contributed by atoms with Crippen LogP contribution < -0.4 is 10.6 Å². The minimum atomic E-state index is -4.79. The van der Waals surface area contributed by atoms with Gasteiger partial charge in [-0.05, 0) is 57.7 Å². The molecule has 1 aromatic heterocycles. The normalized spacial score (nSPS) is 16.5. The highest BCUT2D eigenvalue weighted by Crippen LogP contribution is 2.56. The second-order valence-corrected chi connectivity index (χ2v) is 13.6. The number of oxime groups is 1. The Kier molecular flexibility index (Phi) is 10.6. The van der Waals surface area contributed by atoms with Crippen LogP contribution in [0.25, 0.3) is 11.5 Å². The minimum absolute atomic E-state index is 0.0839. The highest BCUT2D eigenvalue weighted by Gasteiger charge is 2.43. The highest BCUT2D eigenvalue weighted by atomic mass is 31.2. The Hall–Kier alpha value is -4.01. The molecular formula is C29H32F6N5O5P. The van der Waals surface area contributed by atoms with E-state index < -0.39 is 72.0 Å². The van der Waals surface area contributed by atoms with Crippen LogP contribution in [0.5, 0.6) is 0 Å². The largest absolute Gasteiger partial charge is 0.451 e. The number of allylic oxidation sites excluding steroid dienone is 1. The summed E-state index contributed by atoms with van der Waals surface area (Å²) in [6.45, 7) is 7.78. The summed E-state index contributed by atoms with van der Waals surface area (Å²) >= 11 is 0. The first kappa shape index (κ1) is 36.5. The molecule has 46 heavy (non-hydrogen) atoms. The van der Waals surface area contributed by atoms with Crippen molar-refractivity contribution in [1.82, 2.24) is 10.2 Å². The molecule has 3 aromatic rings. The number of fused-ring (bicyclic) bond motifs is 1. The second kappa shape index (κ2) is 13.4. The molecule has 17 heteroatoms. The van der Waals surface area contributed by atoms with E-state index in [4.69, 9.17) is 4.42 Å². The summed E-state index contributed by atoms with van der Waals surface area (Å²) in [5.41, 5.74) is 3.95. The third-order valence-electron chi connectivity index (χ3n) is 7.26. The monoisotopic (exact) mass is 675 g/mol. The molecule has 1 atom stereocenters. The number of hydrogen-bond acceptors (Lipinski definition) is 8. The van der Waals surface area contributed by atoms with Gasteiger partial charge in [-0.15, -0.1) is 10.2 Å². The van der Waals surface area contributed by atoms with E-state index in [1.807, 2.05) is 0 Å². The number of nitrogens with zero attached hydrogens (tertiary/aromatic N) is 4. The average Bonchev–Trinajstić information content (AvgIpc) is 3.46. The third kappa shape index (κ3) is 7.68. The molecule has 0 radical (unpaired) electrons. The maximum absolute atomic E-state index is 15.3. The maximum atomic E-state index is 15.3. The molecule has 10 nitrogen and oxygen atoms in total. The van der Waals surface area contributed by atoms with E-state index in [1.54, 1.807) is 0 Å². The zero-order valence-electron chi connectivity index (χ0n) is 25.5. The molecule has 2 aromatic carbocycles. The SMILES string of the molecule is C=C(O/N=C(\C)c1ccc(CN2C(=O)CCC(F)(F)c3cc(F)c(-c4nnc(C(C)(C)P(C)(=O)O)o4)cc32)cc1)C(F)(F)F.CN. The molecule has 1 amide bonds. The Balaban J connectivity index is 0.00000282. The van der Waals surface area contributed by atoms with Crippen LogP contribution >= 0.6 is 7.37 Å². The van der Waals surface area contributed by atoms with E-state index >= 15 is 13.2 Å². The number of carbonyl (C=O) groups excluding carboxylic acids is 1. The molecule has 0 aliphatic carbocycles. The van der Waals surface area contributed by atoms with Gasteiger partial charge in [-0.1, -0.05) is 29.4 Å². The van der Waals surface area contributed by atoms with Crippen LogP contribution in [0, 0.1) is 5.82 Å². The van der Waals surface area contributed by atoms with Gasteiger partial charge in [-0.2, -0.15) is 13.2 Å². The van der Waals surface area contributed by atoms with Gasteiger partial charge in [0.05, 0.1) is 23.5 Å². The van der Waals surface area contributed by atoms with E-state index in [1.165, 1.54) is 52.1 Å². The topological polar surface area (TPSA) is 144 Å². The number of rotatable bonds is 8. The van der Waals surface area contributed by atoms with Crippen LogP contribution in [0.15, 0.2) is 58.3 Å². The molecule has 2 heterocycles. The molecule has 0 bridgehead atoms. The van der Waals surface area contributed by atoms with Crippen LogP contribution in [0.3, 0.4) is 0 Å². The molecular weight excluding hydrogens is 643 g/mol. The molecule has 0 saturated heterocycles. The van der Waals surface area contributed by atoms with Crippen molar-refractivity contribution in [3.8, 4) is 11.5 Å². The van der Waals surface area contributed by atoms with Crippen LogP contribution in [0.2, 0.25) is 0 Å². The number of carbonyl (C=O) groups is 1. The smallest absolute Gasteiger partial charge is 0.419 e. The average molecular weight is 676 g/mol. The van der Waals surface area contributed by atoms with Crippen molar-refractivity contribution in [3.05, 3.63) is 77.1 Å². The fourth-order valence-corrected chi connectivity index (χ4v) is 4.55. The van der Waals surface area contributed by atoms with Gasteiger partial charge < -0.3 is 24.8 Å². The van der Waals surface area contributed by atoms with Crippen molar-refractivity contribution < 1.29 is 49.9 Å². The summed E-state index contributed by atoms with van der Waals surface area (Å²) in [6, 6.07) is 7.58. The van der Waals surface area contributed by atoms with Crippen molar-refractivity contribution in [2.45, 2.75) is 57.4 Å². The first-order valence-corrected chi connectivity index (χ1v) is 15.6. The van der Waals surface area contributed by atoms with Gasteiger partial charge >= 0.3 is 6.18 Å². The number of hydrogen-bond donors (Lipinski definition) is 2. The molecule has 1 aliphatic heterocycles. The first-order chi connectivity index (χ1) is 21.2. The second-order valence-electron chi connectivity index (χ2n) is 10.8. The van der Waals surface area contributed by atoms with Crippen molar-refractivity contribution in [3.63, 3.8) is 0 Å². The Morgan fingerprint density at radius 1 is 1.20 bits per heavy atom. The summed E-state index contributed by atoms with van der Waals surface area (Å²) in [5, 5.41) is 9.45. The lowest BCUT2D eigenvalue weighted by molar-refractivity contribution is -0.130. The molecule has 1 unspecified atom stereocenters. The van der Waals surface area contributed by atoms with Crippen LogP contribution in [0.4, 0.5) is 32.0 Å². The minimum Gasteiger partial charge on any atom is -0.419 e. The summed E-state index contributed by atoms with van der Waals surface area (Å²) in [7, 11) is -2.31. The zero-order valence-corrected chi connectivity index (χ0v) is 26.3. The number of amides is 1. The van der Waals surface area contributed by atoms with Crippen molar-refractivity contribution in [2.75, 3.05) is 18.6 Å². The summed E-state index contributed by atoms with van der Waals surface area (Å²) < 4.78 is 101. The molecule has 4 rings (SSSR count). The van der Waals surface area contributed by atoms with Crippen molar-refractivity contribution >= 4 is 24.7 Å². The Bertz CT molecular complexity index is 1680. The van der Waals surface area contributed by atoms with E-state index in [9.17, 15) is 27.4 Å². The van der Waals surface area contributed by atoms with Crippen molar-refractivity contribution in [2.24, 2.45) is 10.9 Å². The fraction of sp³-hybridized carbons (Fsp3) is 0.379. The number of alkyl halides is 5. The standard InChI is InChI=1S/C28H27F6N4O5P.CH5N/c1-15(37-43-16(2)28(32,33)34)18-8-6-17(7-9-18)14-38-22-12-19(21(29)13-20(22)27(30,31)11-10-23(38)39)24-35-36-25(42-24)26(3,4)44(5,40)41;1-2/h6-9,12-13H,2,10-11,14H2,1,3-5H3,(H,40,41);2H2,1H3/b37-15+;. The van der Waals surface area contributed by atoms with Gasteiger partial charge in [-0.3, -0.25) is 9.36 Å². The Morgan fingerprint density at radius 3 is 2.37 bits per heavy atom. The van der Waals surface area contributed by atoms with Gasteiger partial charge in [0.1, 0.15) is 11.0 Å². The molecule has 0 spiro atoms. The lowest BCUT2D eigenvalue weighted by Gasteiger charge is -2.25. The number of nitrogens with two attached hydrogens (primary N) is 1. The molecule has 250 valence electrons. The highest BCUT2D eigenvalue weighted by molar-refractivity contribution is 7.58. The van der Waals surface area contributed by atoms with Gasteiger partial charge in [0.15, 0.2) is 0 Å². The molecule has 0 saturated carbocycles. The predicted octanol–water partition coefficient (Wildman–Crippen LogP) is 6.82. The summed E-state index contributed by atoms with van der Waals surface area (Å²) in [4.78, 5) is 28.6. The van der Waals surface area contributed by atoms with E-state index in [2.05, 4.69) is 32.5 Å². The molecule has 0 fully saturated rings. The lowest BCUT2D eigenvalue weighted by Crippen LogP contribution is -2.29. The van der Waals surface area contributed by atoms with Gasteiger partial charge in [0, 0.05) is 25.1 Å². The number of aromatic nitrogens is 2. The molecule has 3 N–H and O–H groups in total. The van der Waals surface area contributed by atoms with Gasteiger partial charge in [0.25, 0.3) is 11.8 Å². The number of halogens is 6. The third-order valence-corrected chi connectivity index (χ3v) is 9.53. The number of benzene rings is 2. The quantitative estimate of drug-likeness (QED) is 0.0871. The van der Waals surface area contributed by atoms with E-state index in [-0.39, 0.29) is 23.8 Å². The van der Waals surface area contributed by atoms with E-state index in [0.717, 1.165) is 17.6 Å². The van der Waals surface area contributed by atoms with Crippen LogP contribution in [0.1, 0.15) is 56.2 Å². The maximum Gasteiger partial charge on any atom is 0.451 e. The van der Waals surface area contributed by atoms with E-state index in [0.29, 0.717) is 17.2 Å². The summed E-state index contributed by atoms with van der Waals surface area (Å²) in [6.07, 6.45) is -6.21. The van der Waals surface area contributed by atoms with Gasteiger partial charge in [-0.25, -0.2) is 13.2 Å². The Morgan fingerprint density at radius 2 is 1.80 bits per heavy atom. The van der Waals surface area contributed by atoms with Crippen LogP contribution in [-0.2, 0) is 31.8 Å². The summed E-state index contributed by atoms with van der Waals surface area (Å²) in [5.74, 6) is -7.61. The van der Waals surface area contributed by atoms with Crippen molar-refractivity contribution in [1.29, 1.82) is 0 Å².